The monoisotopic (exact) mass is 247 g/mol. The average molecular weight is 248 g/mol. The zero-order chi connectivity index (χ0) is 11.3. The van der Waals surface area contributed by atoms with E-state index in [1.165, 1.54) is 0 Å². The number of alkyl halides is 1. The Morgan fingerprint density at radius 2 is 2.40 bits per heavy atom. The summed E-state index contributed by atoms with van der Waals surface area (Å²) in [4.78, 5) is 11.5. The highest BCUT2D eigenvalue weighted by molar-refractivity contribution is 7.98. The van der Waals surface area contributed by atoms with Crippen LogP contribution in [0.4, 0.5) is 0 Å². The minimum atomic E-state index is -0.210. The normalized spacial score (nSPS) is 12.5. The third-order valence-electron chi connectivity index (χ3n) is 1.83. The number of furan rings is 1. The molecule has 0 aliphatic rings. The van der Waals surface area contributed by atoms with Crippen LogP contribution >= 0.6 is 23.4 Å². The molecule has 1 aromatic rings. The van der Waals surface area contributed by atoms with Gasteiger partial charge in [-0.25, -0.2) is 0 Å². The molecule has 1 unspecified atom stereocenters. The van der Waals surface area contributed by atoms with Crippen LogP contribution < -0.4 is 5.32 Å². The number of hydrogen-bond acceptors (Lipinski definition) is 3. The van der Waals surface area contributed by atoms with Gasteiger partial charge < -0.3 is 9.73 Å². The van der Waals surface area contributed by atoms with Crippen LogP contribution in [-0.4, -0.2) is 24.5 Å². The van der Waals surface area contributed by atoms with E-state index in [0.29, 0.717) is 18.1 Å². The molecule has 15 heavy (non-hydrogen) atoms. The lowest BCUT2D eigenvalue weighted by Gasteiger charge is -2.01. The highest BCUT2D eigenvalue weighted by Crippen LogP contribution is 2.21. The summed E-state index contributed by atoms with van der Waals surface area (Å²) in [5.74, 6) is 1.64. The van der Waals surface area contributed by atoms with Gasteiger partial charge in [0.15, 0.2) is 5.76 Å². The molecule has 1 amide bonds. The van der Waals surface area contributed by atoms with Gasteiger partial charge in [0.25, 0.3) is 5.91 Å². The quantitative estimate of drug-likeness (QED) is 0.643. The second-order valence-corrected chi connectivity index (χ2v) is 4.71. The number of carbonyl (C=O) groups excluding carboxylic acids is 1. The van der Waals surface area contributed by atoms with E-state index in [1.807, 2.05) is 6.26 Å². The summed E-state index contributed by atoms with van der Waals surface area (Å²) in [5.41, 5.74) is 0. The first-order valence-corrected chi connectivity index (χ1v) is 6.49. The van der Waals surface area contributed by atoms with E-state index >= 15 is 0 Å². The summed E-state index contributed by atoms with van der Waals surface area (Å²) in [7, 11) is 0. The Bertz CT molecular complexity index is 325. The number of carbonyl (C=O) groups is 1. The molecule has 0 aliphatic heterocycles. The van der Waals surface area contributed by atoms with Crippen molar-refractivity contribution in [2.24, 2.45) is 0 Å². The molecule has 1 aromatic heterocycles. The van der Waals surface area contributed by atoms with Crippen molar-refractivity contribution in [2.75, 3.05) is 18.6 Å². The number of halogens is 1. The van der Waals surface area contributed by atoms with E-state index in [1.54, 1.807) is 30.8 Å². The highest BCUT2D eigenvalue weighted by Gasteiger charge is 2.12. The maximum Gasteiger partial charge on any atom is 0.287 e. The molecule has 0 aliphatic carbocycles. The molecule has 1 N–H and O–H groups in total. The van der Waals surface area contributed by atoms with Crippen LogP contribution in [-0.2, 0) is 0 Å². The third-order valence-corrected chi connectivity index (χ3v) is 2.66. The fourth-order valence-corrected chi connectivity index (χ4v) is 1.47. The Hall–Kier alpha value is -0.610. The second kappa shape index (κ2) is 6.08. The van der Waals surface area contributed by atoms with Crippen molar-refractivity contribution in [2.45, 2.75) is 12.3 Å². The second-order valence-electron chi connectivity index (χ2n) is 3.07. The van der Waals surface area contributed by atoms with Crippen molar-refractivity contribution < 1.29 is 9.21 Å². The molecule has 1 rings (SSSR count). The fraction of sp³-hybridized carbons (Fsp3) is 0.500. The Kier molecular flexibility index (Phi) is 5.05. The van der Waals surface area contributed by atoms with E-state index < -0.39 is 0 Å². The predicted octanol–water partition coefficient (Wildman–Crippen LogP) is 2.67. The minimum absolute atomic E-state index is 0.187. The molecular formula is C10H14ClNO2S. The lowest BCUT2D eigenvalue weighted by molar-refractivity contribution is 0.0927. The first-order chi connectivity index (χ1) is 7.15. The first-order valence-electron chi connectivity index (χ1n) is 4.66. The molecule has 84 valence electrons. The van der Waals surface area contributed by atoms with Gasteiger partial charge >= 0.3 is 0 Å². The van der Waals surface area contributed by atoms with Crippen LogP contribution in [0.2, 0.25) is 0 Å². The van der Waals surface area contributed by atoms with Crippen molar-refractivity contribution in [1.29, 1.82) is 0 Å². The molecule has 3 nitrogen and oxygen atoms in total. The zero-order valence-corrected chi connectivity index (χ0v) is 10.3. The van der Waals surface area contributed by atoms with E-state index in [-0.39, 0.29) is 11.3 Å². The van der Waals surface area contributed by atoms with Gasteiger partial charge in [-0.15, -0.1) is 11.6 Å². The maximum absolute atomic E-state index is 11.5. The van der Waals surface area contributed by atoms with Gasteiger partial charge in [0, 0.05) is 12.3 Å². The summed E-state index contributed by atoms with van der Waals surface area (Å²) in [6.45, 7) is 2.45. The van der Waals surface area contributed by atoms with E-state index in [2.05, 4.69) is 5.32 Å². The van der Waals surface area contributed by atoms with E-state index in [9.17, 15) is 4.79 Å². The zero-order valence-electron chi connectivity index (χ0n) is 8.75. The van der Waals surface area contributed by atoms with Crippen LogP contribution in [0.5, 0.6) is 0 Å². The Balaban J connectivity index is 2.51. The van der Waals surface area contributed by atoms with Crippen molar-refractivity contribution in [3.05, 3.63) is 23.7 Å². The molecule has 1 heterocycles. The average Bonchev–Trinajstić information content (AvgIpc) is 2.66. The Morgan fingerprint density at radius 1 is 1.67 bits per heavy atom. The maximum atomic E-state index is 11.5. The van der Waals surface area contributed by atoms with Crippen LogP contribution in [0.15, 0.2) is 16.5 Å². The fourth-order valence-electron chi connectivity index (χ4n) is 1.04. The van der Waals surface area contributed by atoms with Crippen LogP contribution in [0.1, 0.15) is 28.6 Å². The minimum Gasteiger partial charge on any atom is -0.454 e. The van der Waals surface area contributed by atoms with Crippen molar-refractivity contribution >= 4 is 29.3 Å². The van der Waals surface area contributed by atoms with Gasteiger partial charge in [-0.3, -0.25) is 4.79 Å². The summed E-state index contributed by atoms with van der Waals surface area (Å²) in [6, 6.07) is 3.36. The number of amides is 1. The summed E-state index contributed by atoms with van der Waals surface area (Å²) in [6.07, 6.45) is 1.99. The molecule has 0 saturated heterocycles. The van der Waals surface area contributed by atoms with Crippen molar-refractivity contribution in [3.63, 3.8) is 0 Å². The largest absolute Gasteiger partial charge is 0.454 e. The summed E-state index contributed by atoms with van der Waals surface area (Å²) in [5, 5.41) is 2.55. The molecule has 5 heteroatoms. The SMILES string of the molecule is CSCCNC(=O)c1ccc(C(C)Cl)o1. The number of rotatable bonds is 5. The molecule has 0 spiro atoms. The van der Waals surface area contributed by atoms with Gasteiger partial charge in [-0.2, -0.15) is 11.8 Å². The van der Waals surface area contributed by atoms with E-state index in [4.69, 9.17) is 16.0 Å². The smallest absolute Gasteiger partial charge is 0.287 e. The predicted molar refractivity (Wildman–Crippen MR) is 63.7 cm³/mol. The van der Waals surface area contributed by atoms with E-state index in [0.717, 1.165) is 5.75 Å². The molecule has 0 aromatic carbocycles. The van der Waals surface area contributed by atoms with Crippen molar-refractivity contribution in [3.8, 4) is 0 Å². The Morgan fingerprint density at radius 3 is 2.93 bits per heavy atom. The molecular weight excluding hydrogens is 234 g/mol. The Labute approximate surface area is 98.6 Å². The standard InChI is InChI=1S/C10H14ClNO2S/c1-7(11)8-3-4-9(14-8)10(13)12-5-6-15-2/h3-4,7H,5-6H2,1-2H3,(H,12,13). The lowest BCUT2D eigenvalue weighted by atomic mass is 10.3. The molecule has 0 bridgehead atoms. The van der Waals surface area contributed by atoms with Gasteiger partial charge in [-0.05, 0) is 25.3 Å². The summed E-state index contributed by atoms with van der Waals surface area (Å²) >= 11 is 7.50. The summed E-state index contributed by atoms with van der Waals surface area (Å²) < 4.78 is 5.29. The first kappa shape index (κ1) is 12.5. The number of nitrogens with one attached hydrogen (secondary N) is 1. The number of thioether (sulfide) groups is 1. The van der Waals surface area contributed by atoms with Gasteiger partial charge in [0.05, 0.1) is 5.38 Å². The molecule has 0 saturated carbocycles. The third kappa shape index (κ3) is 3.80. The lowest BCUT2D eigenvalue weighted by Crippen LogP contribution is -2.25. The van der Waals surface area contributed by atoms with Gasteiger partial charge in [0.1, 0.15) is 5.76 Å². The highest BCUT2D eigenvalue weighted by atomic mass is 35.5. The van der Waals surface area contributed by atoms with Crippen LogP contribution in [0.25, 0.3) is 0 Å². The van der Waals surface area contributed by atoms with Crippen molar-refractivity contribution in [1.82, 2.24) is 5.32 Å². The van der Waals surface area contributed by atoms with Crippen LogP contribution in [0, 0.1) is 0 Å². The molecule has 0 radical (unpaired) electrons. The van der Waals surface area contributed by atoms with Gasteiger partial charge in [0.2, 0.25) is 0 Å². The van der Waals surface area contributed by atoms with Crippen LogP contribution in [0.3, 0.4) is 0 Å². The topological polar surface area (TPSA) is 42.2 Å². The molecule has 1 atom stereocenters. The van der Waals surface area contributed by atoms with Gasteiger partial charge in [-0.1, -0.05) is 0 Å². The molecule has 0 fully saturated rings. The number of hydrogen-bond donors (Lipinski definition) is 1.